The van der Waals surface area contributed by atoms with Crippen LogP contribution in [0.3, 0.4) is 0 Å². The topological polar surface area (TPSA) is 78.4 Å². The second kappa shape index (κ2) is 5.58. The molecule has 86 valence electrons. The lowest BCUT2D eigenvalue weighted by Crippen LogP contribution is -2.40. The molecule has 0 spiro atoms. The fourth-order valence-corrected chi connectivity index (χ4v) is 1.34. The maximum Gasteiger partial charge on any atom is 0.315 e. The zero-order valence-electron chi connectivity index (χ0n) is 8.95. The van der Waals surface area contributed by atoms with Crippen molar-refractivity contribution >= 4 is 12.0 Å². The van der Waals surface area contributed by atoms with Crippen molar-refractivity contribution in [2.24, 2.45) is 5.92 Å². The van der Waals surface area contributed by atoms with Crippen LogP contribution in [0.4, 0.5) is 4.79 Å². The number of nitrogens with one attached hydrogen (secondary N) is 2. The molecule has 1 atom stereocenters. The summed E-state index contributed by atoms with van der Waals surface area (Å²) in [5, 5.41) is 14.2. The zero-order chi connectivity index (χ0) is 11.3. The molecule has 1 aliphatic rings. The minimum absolute atomic E-state index is 0.210. The van der Waals surface area contributed by atoms with Crippen molar-refractivity contribution in [3.05, 3.63) is 0 Å². The Bertz CT molecular complexity index is 239. The molecule has 0 bridgehead atoms. The van der Waals surface area contributed by atoms with E-state index >= 15 is 0 Å². The van der Waals surface area contributed by atoms with Gasteiger partial charge in [0.05, 0.1) is 5.92 Å². The molecule has 0 heterocycles. The molecule has 5 heteroatoms. The van der Waals surface area contributed by atoms with Gasteiger partial charge in [-0.2, -0.15) is 0 Å². The zero-order valence-corrected chi connectivity index (χ0v) is 8.95. The van der Waals surface area contributed by atoms with Crippen LogP contribution in [-0.2, 0) is 4.79 Å². The van der Waals surface area contributed by atoms with Gasteiger partial charge in [-0.05, 0) is 19.3 Å². The summed E-state index contributed by atoms with van der Waals surface area (Å²) in [5.74, 6) is -1.32. The number of amides is 2. The molecule has 0 aromatic carbocycles. The van der Waals surface area contributed by atoms with Crippen molar-refractivity contribution in [3.63, 3.8) is 0 Å². The summed E-state index contributed by atoms with van der Waals surface area (Å²) >= 11 is 0. The summed E-state index contributed by atoms with van der Waals surface area (Å²) in [5.41, 5.74) is 0. The van der Waals surface area contributed by atoms with E-state index in [1.165, 1.54) is 0 Å². The number of carboxylic acids is 1. The van der Waals surface area contributed by atoms with Gasteiger partial charge in [0, 0.05) is 12.6 Å². The first-order valence-corrected chi connectivity index (χ1v) is 5.40. The summed E-state index contributed by atoms with van der Waals surface area (Å²) in [4.78, 5) is 22.0. The second-order valence-corrected chi connectivity index (χ2v) is 3.95. The van der Waals surface area contributed by atoms with Gasteiger partial charge in [0.15, 0.2) is 0 Å². The first-order valence-electron chi connectivity index (χ1n) is 5.40. The Kier molecular flexibility index (Phi) is 4.39. The smallest absolute Gasteiger partial charge is 0.315 e. The predicted molar refractivity (Wildman–Crippen MR) is 55.6 cm³/mol. The number of hydrogen-bond acceptors (Lipinski definition) is 2. The lowest BCUT2D eigenvalue weighted by Gasteiger charge is -2.12. The lowest BCUT2D eigenvalue weighted by atomic mass is 10.0. The molecule has 0 aromatic rings. The van der Waals surface area contributed by atoms with E-state index in [9.17, 15) is 9.59 Å². The minimum atomic E-state index is -0.844. The molecule has 15 heavy (non-hydrogen) atoms. The van der Waals surface area contributed by atoms with Crippen molar-refractivity contribution in [2.45, 2.75) is 38.6 Å². The van der Waals surface area contributed by atoms with E-state index in [0.717, 1.165) is 19.3 Å². The van der Waals surface area contributed by atoms with Gasteiger partial charge < -0.3 is 15.7 Å². The average Bonchev–Trinajstić information content (AvgIpc) is 2.95. The summed E-state index contributed by atoms with van der Waals surface area (Å²) in [6.45, 7) is 2.14. The summed E-state index contributed by atoms with van der Waals surface area (Å²) < 4.78 is 0. The van der Waals surface area contributed by atoms with Gasteiger partial charge in [0.25, 0.3) is 0 Å². The molecule has 1 saturated carbocycles. The summed E-state index contributed by atoms with van der Waals surface area (Å²) in [6, 6.07) is 0.0549. The summed E-state index contributed by atoms with van der Waals surface area (Å²) in [6.07, 6.45) is 3.47. The molecule has 3 N–H and O–H groups in total. The van der Waals surface area contributed by atoms with E-state index in [4.69, 9.17) is 5.11 Å². The third kappa shape index (κ3) is 4.67. The highest BCUT2D eigenvalue weighted by atomic mass is 16.4. The monoisotopic (exact) mass is 214 g/mol. The third-order valence-corrected chi connectivity index (χ3v) is 2.41. The van der Waals surface area contributed by atoms with Gasteiger partial charge in [-0.15, -0.1) is 0 Å². The Morgan fingerprint density at radius 1 is 1.47 bits per heavy atom. The molecule has 1 rings (SSSR count). The van der Waals surface area contributed by atoms with E-state index in [-0.39, 0.29) is 12.6 Å². The maximum absolute atomic E-state index is 11.2. The van der Waals surface area contributed by atoms with Crippen molar-refractivity contribution in [3.8, 4) is 0 Å². The fraction of sp³-hybridized carbons (Fsp3) is 0.800. The molecule has 0 aliphatic heterocycles. The number of rotatable bonds is 6. The minimum Gasteiger partial charge on any atom is -0.481 e. The Hall–Kier alpha value is -1.26. The van der Waals surface area contributed by atoms with E-state index < -0.39 is 11.9 Å². The third-order valence-electron chi connectivity index (χ3n) is 2.41. The summed E-state index contributed by atoms with van der Waals surface area (Å²) in [7, 11) is 0. The SMILES string of the molecule is CCCC(CNC(=O)NC1CC1)C(=O)O. The van der Waals surface area contributed by atoms with E-state index in [1.54, 1.807) is 0 Å². The Morgan fingerprint density at radius 3 is 2.60 bits per heavy atom. The van der Waals surface area contributed by atoms with E-state index in [0.29, 0.717) is 12.5 Å². The highest BCUT2D eigenvalue weighted by Crippen LogP contribution is 2.18. The number of hydrogen-bond donors (Lipinski definition) is 3. The van der Waals surface area contributed by atoms with Gasteiger partial charge in [-0.1, -0.05) is 13.3 Å². The highest BCUT2D eigenvalue weighted by Gasteiger charge is 2.24. The van der Waals surface area contributed by atoms with Crippen LogP contribution in [0, 0.1) is 5.92 Å². The number of carbonyl (C=O) groups is 2. The molecular weight excluding hydrogens is 196 g/mol. The molecule has 5 nitrogen and oxygen atoms in total. The van der Waals surface area contributed by atoms with Crippen LogP contribution in [0.5, 0.6) is 0 Å². The molecule has 1 unspecified atom stereocenters. The predicted octanol–water partition coefficient (Wildman–Crippen LogP) is 0.949. The van der Waals surface area contributed by atoms with Gasteiger partial charge in [0.2, 0.25) is 0 Å². The van der Waals surface area contributed by atoms with E-state index in [1.807, 2.05) is 6.92 Å². The van der Waals surface area contributed by atoms with Crippen LogP contribution in [0.2, 0.25) is 0 Å². The molecule has 2 amide bonds. The van der Waals surface area contributed by atoms with Gasteiger partial charge in [-0.3, -0.25) is 4.79 Å². The first-order chi connectivity index (χ1) is 7.13. The van der Waals surface area contributed by atoms with Crippen molar-refractivity contribution in [1.29, 1.82) is 0 Å². The van der Waals surface area contributed by atoms with Crippen LogP contribution < -0.4 is 10.6 Å². The molecule has 0 radical (unpaired) electrons. The number of urea groups is 1. The van der Waals surface area contributed by atoms with Crippen molar-refractivity contribution < 1.29 is 14.7 Å². The maximum atomic E-state index is 11.2. The van der Waals surface area contributed by atoms with Crippen molar-refractivity contribution in [2.75, 3.05) is 6.54 Å². The van der Waals surface area contributed by atoms with Crippen LogP contribution in [0.1, 0.15) is 32.6 Å². The Labute approximate surface area is 89.2 Å². The normalized spacial score (nSPS) is 16.9. The highest BCUT2D eigenvalue weighted by molar-refractivity contribution is 5.76. The molecule has 0 saturated heterocycles. The Morgan fingerprint density at radius 2 is 2.13 bits per heavy atom. The largest absolute Gasteiger partial charge is 0.481 e. The number of carboxylic acid groups (broad SMARTS) is 1. The Balaban J connectivity index is 2.19. The standard InChI is InChI=1S/C10H18N2O3/c1-2-3-7(9(13)14)6-11-10(15)12-8-4-5-8/h7-8H,2-6H2,1H3,(H,13,14)(H2,11,12,15). The number of aliphatic carboxylic acids is 1. The lowest BCUT2D eigenvalue weighted by molar-refractivity contribution is -0.141. The molecule has 0 aromatic heterocycles. The van der Waals surface area contributed by atoms with Gasteiger partial charge in [-0.25, -0.2) is 4.79 Å². The van der Waals surface area contributed by atoms with Gasteiger partial charge in [0.1, 0.15) is 0 Å². The van der Waals surface area contributed by atoms with Crippen molar-refractivity contribution in [1.82, 2.24) is 10.6 Å². The van der Waals surface area contributed by atoms with Gasteiger partial charge >= 0.3 is 12.0 Å². The quantitative estimate of drug-likeness (QED) is 0.616. The first kappa shape index (κ1) is 11.8. The average molecular weight is 214 g/mol. The molecular formula is C10H18N2O3. The van der Waals surface area contributed by atoms with Crippen LogP contribution in [-0.4, -0.2) is 29.7 Å². The number of carbonyl (C=O) groups excluding carboxylic acids is 1. The molecule has 1 fully saturated rings. The van der Waals surface area contributed by atoms with E-state index in [2.05, 4.69) is 10.6 Å². The van der Waals surface area contributed by atoms with Crippen LogP contribution in [0.15, 0.2) is 0 Å². The van der Waals surface area contributed by atoms with Crippen LogP contribution >= 0.6 is 0 Å². The second-order valence-electron chi connectivity index (χ2n) is 3.95. The van der Waals surface area contributed by atoms with Crippen LogP contribution in [0.25, 0.3) is 0 Å². The fourth-order valence-electron chi connectivity index (χ4n) is 1.34. The molecule has 1 aliphatic carbocycles.